The SMILES string of the molecule is Cc1cc(NCc2ccnc(O[C@H]3CCOC3)c2)nc(-c2ccncc2)n1. The first kappa shape index (κ1) is 17.4. The minimum absolute atomic E-state index is 0.0909. The van der Waals surface area contributed by atoms with Crippen molar-refractivity contribution in [1.29, 1.82) is 0 Å². The highest BCUT2D eigenvalue weighted by molar-refractivity contribution is 5.56. The lowest BCUT2D eigenvalue weighted by molar-refractivity contribution is 0.138. The van der Waals surface area contributed by atoms with E-state index in [9.17, 15) is 0 Å². The molecular formula is C20H21N5O2. The van der Waals surface area contributed by atoms with Crippen LogP contribution >= 0.6 is 0 Å². The van der Waals surface area contributed by atoms with Crippen LogP contribution in [0.5, 0.6) is 5.88 Å². The van der Waals surface area contributed by atoms with Gasteiger partial charge in [-0.3, -0.25) is 4.98 Å². The standard InChI is InChI=1S/C20H21N5O2/c1-14-10-18(25-20(24-14)16-3-6-21-7-4-16)23-12-15-2-8-22-19(11-15)27-17-5-9-26-13-17/h2-4,6-8,10-11,17H,5,9,12-13H2,1H3,(H,23,24,25)/t17-/m0/s1. The zero-order valence-electron chi connectivity index (χ0n) is 15.1. The molecule has 1 saturated heterocycles. The molecule has 1 aliphatic rings. The Kier molecular flexibility index (Phi) is 5.20. The summed E-state index contributed by atoms with van der Waals surface area (Å²) in [6.07, 6.45) is 6.23. The first-order chi connectivity index (χ1) is 13.3. The molecule has 0 unspecified atom stereocenters. The fourth-order valence-corrected chi connectivity index (χ4v) is 2.88. The molecule has 0 amide bonds. The van der Waals surface area contributed by atoms with Gasteiger partial charge in [-0.15, -0.1) is 0 Å². The van der Waals surface area contributed by atoms with Crippen LogP contribution in [0.3, 0.4) is 0 Å². The fraction of sp³-hybridized carbons (Fsp3) is 0.300. The Morgan fingerprint density at radius 2 is 2.04 bits per heavy atom. The molecule has 1 fully saturated rings. The first-order valence-electron chi connectivity index (χ1n) is 8.95. The van der Waals surface area contributed by atoms with E-state index in [4.69, 9.17) is 9.47 Å². The van der Waals surface area contributed by atoms with Crippen molar-refractivity contribution < 1.29 is 9.47 Å². The fourth-order valence-electron chi connectivity index (χ4n) is 2.88. The van der Waals surface area contributed by atoms with Gasteiger partial charge in [0.05, 0.1) is 13.2 Å². The number of aromatic nitrogens is 4. The van der Waals surface area contributed by atoms with E-state index in [-0.39, 0.29) is 6.10 Å². The highest BCUT2D eigenvalue weighted by Gasteiger charge is 2.17. The van der Waals surface area contributed by atoms with Gasteiger partial charge in [0.1, 0.15) is 11.9 Å². The van der Waals surface area contributed by atoms with Crippen LogP contribution in [0.2, 0.25) is 0 Å². The predicted octanol–water partition coefficient (Wildman–Crippen LogP) is 3.02. The quantitative estimate of drug-likeness (QED) is 0.721. The van der Waals surface area contributed by atoms with Gasteiger partial charge in [0, 0.05) is 54.9 Å². The lowest BCUT2D eigenvalue weighted by atomic mass is 10.2. The Morgan fingerprint density at radius 3 is 2.85 bits per heavy atom. The van der Waals surface area contributed by atoms with E-state index in [1.807, 2.05) is 37.3 Å². The van der Waals surface area contributed by atoms with Gasteiger partial charge >= 0.3 is 0 Å². The molecule has 0 aliphatic carbocycles. The smallest absolute Gasteiger partial charge is 0.213 e. The van der Waals surface area contributed by atoms with Crippen molar-refractivity contribution >= 4 is 5.82 Å². The van der Waals surface area contributed by atoms with Gasteiger partial charge in [-0.1, -0.05) is 0 Å². The third-order valence-electron chi connectivity index (χ3n) is 4.24. The molecular weight excluding hydrogens is 342 g/mol. The van der Waals surface area contributed by atoms with E-state index >= 15 is 0 Å². The molecule has 138 valence electrons. The summed E-state index contributed by atoms with van der Waals surface area (Å²) in [7, 11) is 0. The van der Waals surface area contributed by atoms with Crippen LogP contribution in [-0.2, 0) is 11.3 Å². The minimum Gasteiger partial charge on any atom is -0.472 e. The summed E-state index contributed by atoms with van der Waals surface area (Å²) in [5.41, 5.74) is 2.91. The molecule has 1 N–H and O–H groups in total. The number of nitrogens with zero attached hydrogens (tertiary/aromatic N) is 4. The molecule has 27 heavy (non-hydrogen) atoms. The van der Waals surface area contributed by atoms with Crippen LogP contribution in [0.25, 0.3) is 11.4 Å². The Bertz CT molecular complexity index is 898. The summed E-state index contributed by atoms with van der Waals surface area (Å²) in [6, 6.07) is 9.64. The van der Waals surface area contributed by atoms with Crippen molar-refractivity contribution in [1.82, 2.24) is 19.9 Å². The summed E-state index contributed by atoms with van der Waals surface area (Å²) in [5.74, 6) is 2.08. The average molecular weight is 363 g/mol. The Balaban J connectivity index is 1.45. The molecule has 7 nitrogen and oxygen atoms in total. The van der Waals surface area contributed by atoms with Crippen LogP contribution in [0, 0.1) is 6.92 Å². The lowest BCUT2D eigenvalue weighted by Gasteiger charge is -2.12. The van der Waals surface area contributed by atoms with E-state index in [2.05, 4.69) is 25.3 Å². The van der Waals surface area contributed by atoms with Gasteiger partial charge in [-0.05, 0) is 30.7 Å². The molecule has 4 rings (SSSR count). The zero-order chi connectivity index (χ0) is 18.5. The Labute approximate surface area is 157 Å². The second kappa shape index (κ2) is 8.09. The maximum absolute atomic E-state index is 5.87. The molecule has 0 spiro atoms. The third kappa shape index (κ3) is 4.57. The molecule has 1 aliphatic heterocycles. The van der Waals surface area contributed by atoms with Crippen LogP contribution in [0.1, 0.15) is 17.7 Å². The number of anilines is 1. The summed E-state index contributed by atoms with van der Waals surface area (Å²) < 4.78 is 11.2. The van der Waals surface area contributed by atoms with Crippen molar-refractivity contribution in [3.05, 3.63) is 60.2 Å². The van der Waals surface area contributed by atoms with E-state index in [1.54, 1.807) is 18.6 Å². The van der Waals surface area contributed by atoms with E-state index in [0.29, 0.717) is 24.9 Å². The highest BCUT2D eigenvalue weighted by Crippen LogP contribution is 2.19. The lowest BCUT2D eigenvalue weighted by Crippen LogP contribution is -2.16. The molecule has 3 aromatic heterocycles. The second-order valence-corrected chi connectivity index (χ2v) is 6.41. The summed E-state index contributed by atoms with van der Waals surface area (Å²) in [6.45, 7) is 3.95. The van der Waals surface area contributed by atoms with Gasteiger partial charge in [0.25, 0.3) is 0 Å². The van der Waals surface area contributed by atoms with Gasteiger partial charge < -0.3 is 14.8 Å². The summed E-state index contributed by atoms with van der Waals surface area (Å²) in [4.78, 5) is 17.4. The van der Waals surface area contributed by atoms with Gasteiger partial charge in [0.2, 0.25) is 5.88 Å². The van der Waals surface area contributed by atoms with Crippen molar-refractivity contribution in [3.8, 4) is 17.3 Å². The second-order valence-electron chi connectivity index (χ2n) is 6.41. The van der Waals surface area contributed by atoms with Gasteiger partial charge in [-0.25, -0.2) is 15.0 Å². The van der Waals surface area contributed by atoms with Crippen LogP contribution in [0.15, 0.2) is 48.9 Å². The van der Waals surface area contributed by atoms with E-state index in [1.165, 1.54) is 0 Å². The molecule has 3 aromatic rings. The topological polar surface area (TPSA) is 82.1 Å². The number of nitrogens with one attached hydrogen (secondary N) is 1. The molecule has 0 radical (unpaired) electrons. The number of rotatable bonds is 6. The van der Waals surface area contributed by atoms with E-state index in [0.717, 1.165) is 35.7 Å². The average Bonchev–Trinajstić information content (AvgIpc) is 3.20. The van der Waals surface area contributed by atoms with Crippen molar-refractivity contribution in [2.24, 2.45) is 0 Å². The van der Waals surface area contributed by atoms with Crippen molar-refractivity contribution in [3.63, 3.8) is 0 Å². The van der Waals surface area contributed by atoms with Crippen molar-refractivity contribution in [2.45, 2.75) is 26.0 Å². The van der Waals surface area contributed by atoms with Crippen LogP contribution < -0.4 is 10.1 Å². The minimum atomic E-state index is 0.0909. The summed E-state index contributed by atoms with van der Waals surface area (Å²) >= 11 is 0. The normalized spacial score (nSPS) is 16.3. The van der Waals surface area contributed by atoms with Crippen LogP contribution in [-0.4, -0.2) is 39.3 Å². The van der Waals surface area contributed by atoms with Gasteiger partial charge in [-0.2, -0.15) is 0 Å². The first-order valence-corrected chi connectivity index (χ1v) is 8.95. The number of ether oxygens (including phenoxy) is 2. The maximum Gasteiger partial charge on any atom is 0.213 e. The molecule has 0 saturated carbocycles. The molecule has 7 heteroatoms. The van der Waals surface area contributed by atoms with Crippen LogP contribution in [0.4, 0.5) is 5.82 Å². The number of pyridine rings is 2. The van der Waals surface area contributed by atoms with Gasteiger partial charge in [0.15, 0.2) is 5.82 Å². The molecule has 4 heterocycles. The number of hydrogen-bond acceptors (Lipinski definition) is 7. The number of aryl methyl sites for hydroxylation is 1. The molecule has 0 bridgehead atoms. The zero-order valence-corrected chi connectivity index (χ0v) is 15.1. The highest BCUT2D eigenvalue weighted by atomic mass is 16.5. The Morgan fingerprint density at radius 1 is 1.15 bits per heavy atom. The number of hydrogen-bond donors (Lipinski definition) is 1. The third-order valence-corrected chi connectivity index (χ3v) is 4.24. The summed E-state index contributed by atoms with van der Waals surface area (Å²) in [5, 5.41) is 3.36. The Hall–Kier alpha value is -3.06. The monoisotopic (exact) mass is 363 g/mol. The molecule has 1 atom stereocenters. The predicted molar refractivity (Wildman–Crippen MR) is 101 cm³/mol. The van der Waals surface area contributed by atoms with Crippen molar-refractivity contribution in [2.75, 3.05) is 18.5 Å². The maximum atomic E-state index is 5.87. The largest absolute Gasteiger partial charge is 0.472 e. The van der Waals surface area contributed by atoms with E-state index < -0.39 is 0 Å². The molecule has 0 aromatic carbocycles.